The van der Waals surface area contributed by atoms with Crippen molar-refractivity contribution in [2.75, 3.05) is 5.32 Å². The van der Waals surface area contributed by atoms with Crippen molar-refractivity contribution in [1.29, 1.82) is 0 Å². The Morgan fingerprint density at radius 3 is 2.85 bits per heavy atom. The molecule has 1 amide bonds. The number of rotatable bonds is 3. The molecule has 1 N–H and O–H groups in total. The molecule has 1 aliphatic heterocycles. The molecular formula is C14H12N2O3S. The quantitative estimate of drug-likeness (QED) is 0.880. The van der Waals surface area contributed by atoms with Crippen LogP contribution in [0.25, 0.3) is 0 Å². The van der Waals surface area contributed by atoms with E-state index in [0.717, 1.165) is 5.56 Å². The Hall–Kier alpha value is -2.21. The SMILES string of the molecule is O=C1C[C@@H](C(=O)Nc2nccs2)[C@@H](c2ccccc2)O1. The summed E-state index contributed by atoms with van der Waals surface area (Å²) in [6.45, 7) is 0. The number of nitrogens with one attached hydrogen (secondary N) is 1. The molecule has 1 saturated heterocycles. The predicted molar refractivity (Wildman–Crippen MR) is 74.1 cm³/mol. The number of hydrogen-bond acceptors (Lipinski definition) is 5. The number of nitrogens with zero attached hydrogens (tertiary/aromatic N) is 1. The molecule has 0 unspecified atom stereocenters. The van der Waals surface area contributed by atoms with Crippen LogP contribution in [0.5, 0.6) is 0 Å². The normalized spacial score (nSPS) is 21.5. The van der Waals surface area contributed by atoms with E-state index in [4.69, 9.17) is 4.74 Å². The standard InChI is InChI=1S/C14H12N2O3S/c17-11-8-10(13(18)16-14-15-6-7-20-14)12(19-11)9-4-2-1-3-5-9/h1-7,10,12H,8H2,(H,15,16,18)/t10-,12-/m1/s1. The molecule has 0 spiro atoms. The van der Waals surface area contributed by atoms with E-state index < -0.39 is 12.0 Å². The van der Waals surface area contributed by atoms with E-state index in [1.165, 1.54) is 11.3 Å². The first-order valence-electron chi connectivity index (χ1n) is 6.19. The van der Waals surface area contributed by atoms with Crippen LogP contribution in [0.15, 0.2) is 41.9 Å². The highest BCUT2D eigenvalue weighted by molar-refractivity contribution is 7.13. The van der Waals surface area contributed by atoms with E-state index in [-0.39, 0.29) is 18.3 Å². The third-order valence-corrected chi connectivity index (χ3v) is 3.83. The molecule has 1 aromatic heterocycles. The molecular weight excluding hydrogens is 276 g/mol. The zero-order valence-corrected chi connectivity index (χ0v) is 11.3. The fourth-order valence-corrected chi connectivity index (χ4v) is 2.75. The van der Waals surface area contributed by atoms with Gasteiger partial charge in [0.05, 0.1) is 12.3 Å². The van der Waals surface area contributed by atoms with Crippen molar-refractivity contribution >= 4 is 28.3 Å². The molecule has 1 aliphatic rings. The minimum atomic E-state index is -0.524. The average Bonchev–Trinajstić information content (AvgIpc) is 3.09. The van der Waals surface area contributed by atoms with Crippen molar-refractivity contribution in [3.8, 4) is 0 Å². The fraction of sp³-hybridized carbons (Fsp3) is 0.214. The third-order valence-electron chi connectivity index (χ3n) is 3.14. The van der Waals surface area contributed by atoms with Gasteiger partial charge < -0.3 is 10.1 Å². The number of thiazole rings is 1. The van der Waals surface area contributed by atoms with Gasteiger partial charge in [-0.2, -0.15) is 0 Å². The number of amides is 1. The number of ether oxygens (including phenoxy) is 1. The Morgan fingerprint density at radius 1 is 1.35 bits per heavy atom. The lowest BCUT2D eigenvalue weighted by atomic mass is 9.94. The number of cyclic esters (lactones) is 1. The summed E-state index contributed by atoms with van der Waals surface area (Å²) in [5.74, 6) is -1.11. The maximum Gasteiger partial charge on any atom is 0.307 e. The Morgan fingerprint density at radius 2 is 2.15 bits per heavy atom. The summed E-state index contributed by atoms with van der Waals surface area (Å²) < 4.78 is 5.28. The maximum atomic E-state index is 12.3. The molecule has 5 nitrogen and oxygen atoms in total. The second kappa shape index (κ2) is 5.42. The van der Waals surface area contributed by atoms with Crippen LogP contribution in [0.3, 0.4) is 0 Å². The van der Waals surface area contributed by atoms with Crippen molar-refractivity contribution in [2.45, 2.75) is 12.5 Å². The van der Waals surface area contributed by atoms with E-state index >= 15 is 0 Å². The van der Waals surface area contributed by atoms with Crippen molar-refractivity contribution in [2.24, 2.45) is 5.92 Å². The molecule has 2 atom stereocenters. The van der Waals surface area contributed by atoms with Crippen LogP contribution in [0.4, 0.5) is 5.13 Å². The minimum absolute atomic E-state index is 0.0940. The first-order chi connectivity index (χ1) is 9.74. The van der Waals surface area contributed by atoms with Crippen LogP contribution in [0, 0.1) is 5.92 Å². The van der Waals surface area contributed by atoms with Gasteiger partial charge in [-0.1, -0.05) is 30.3 Å². The number of carbonyl (C=O) groups excluding carboxylic acids is 2. The number of carbonyl (C=O) groups is 2. The molecule has 3 rings (SSSR count). The van der Waals surface area contributed by atoms with Gasteiger partial charge in [0.15, 0.2) is 5.13 Å². The summed E-state index contributed by atoms with van der Waals surface area (Å²) in [5.41, 5.74) is 0.831. The van der Waals surface area contributed by atoms with Gasteiger partial charge in [-0.3, -0.25) is 9.59 Å². The van der Waals surface area contributed by atoms with Gasteiger partial charge in [-0.05, 0) is 5.56 Å². The van der Waals surface area contributed by atoms with E-state index in [9.17, 15) is 9.59 Å². The second-order valence-corrected chi connectivity index (χ2v) is 5.35. The second-order valence-electron chi connectivity index (χ2n) is 4.46. The van der Waals surface area contributed by atoms with Crippen molar-refractivity contribution in [3.05, 3.63) is 47.5 Å². The lowest BCUT2D eigenvalue weighted by Crippen LogP contribution is -2.25. The average molecular weight is 288 g/mol. The zero-order chi connectivity index (χ0) is 13.9. The van der Waals surface area contributed by atoms with Crippen molar-refractivity contribution in [3.63, 3.8) is 0 Å². The minimum Gasteiger partial charge on any atom is -0.457 e. The van der Waals surface area contributed by atoms with E-state index in [1.807, 2.05) is 30.3 Å². The van der Waals surface area contributed by atoms with Gasteiger partial charge in [-0.15, -0.1) is 11.3 Å². The van der Waals surface area contributed by atoms with Crippen LogP contribution < -0.4 is 5.32 Å². The highest BCUT2D eigenvalue weighted by atomic mass is 32.1. The van der Waals surface area contributed by atoms with E-state index in [0.29, 0.717) is 5.13 Å². The molecule has 0 bridgehead atoms. The summed E-state index contributed by atoms with van der Waals surface area (Å²) in [7, 11) is 0. The Balaban J connectivity index is 1.80. The highest BCUT2D eigenvalue weighted by Gasteiger charge is 2.40. The summed E-state index contributed by atoms with van der Waals surface area (Å²) in [5, 5.41) is 5.03. The largest absolute Gasteiger partial charge is 0.457 e. The fourth-order valence-electron chi connectivity index (χ4n) is 2.21. The Kier molecular flexibility index (Phi) is 3.47. The monoisotopic (exact) mass is 288 g/mol. The zero-order valence-electron chi connectivity index (χ0n) is 10.5. The van der Waals surface area contributed by atoms with Crippen LogP contribution in [-0.2, 0) is 14.3 Å². The lowest BCUT2D eigenvalue weighted by Gasteiger charge is -2.16. The molecule has 0 radical (unpaired) electrons. The van der Waals surface area contributed by atoms with E-state index in [2.05, 4.69) is 10.3 Å². The van der Waals surface area contributed by atoms with Gasteiger partial charge in [0.1, 0.15) is 6.10 Å². The molecule has 2 heterocycles. The van der Waals surface area contributed by atoms with E-state index in [1.54, 1.807) is 11.6 Å². The number of hydrogen-bond donors (Lipinski definition) is 1. The van der Waals surface area contributed by atoms with Crippen LogP contribution in [0.2, 0.25) is 0 Å². The first kappa shape index (κ1) is 12.8. The van der Waals surface area contributed by atoms with Crippen molar-refractivity contribution < 1.29 is 14.3 Å². The van der Waals surface area contributed by atoms with Gasteiger partial charge >= 0.3 is 5.97 Å². The summed E-state index contributed by atoms with van der Waals surface area (Å²) in [6, 6.07) is 9.30. The van der Waals surface area contributed by atoms with Crippen LogP contribution in [0.1, 0.15) is 18.1 Å². The number of anilines is 1. The van der Waals surface area contributed by atoms with Crippen LogP contribution >= 0.6 is 11.3 Å². The molecule has 6 heteroatoms. The molecule has 20 heavy (non-hydrogen) atoms. The molecule has 1 fully saturated rings. The lowest BCUT2D eigenvalue weighted by molar-refractivity contribution is -0.141. The van der Waals surface area contributed by atoms with Gasteiger partial charge in [-0.25, -0.2) is 4.98 Å². The molecule has 102 valence electrons. The smallest absolute Gasteiger partial charge is 0.307 e. The topological polar surface area (TPSA) is 68.3 Å². The number of benzene rings is 1. The molecule has 0 aliphatic carbocycles. The number of esters is 1. The van der Waals surface area contributed by atoms with Crippen LogP contribution in [-0.4, -0.2) is 16.9 Å². The first-order valence-corrected chi connectivity index (χ1v) is 7.07. The predicted octanol–water partition coefficient (Wildman–Crippen LogP) is 2.39. The summed E-state index contributed by atoms with van der Waals surface area (Å²) in [4.78, 5) is 27.8. The molecule has 2 aromatic rings. The van der Waals surface area contributed by atoms with Gasteiger partial charge in [0.2, 0.25) is 5.91 Å². The Bertz CT molecular complexity index is 613. The highest BCUT2D eigenvalue weighted by Crippen LogP contribution is 2.36. The van der Waals surface area contributed by atoms with Crippen molar-refractivity contribution in [1.82, 2.24) is 4.98 Å². The van der Waals surface area contributed by atoms with Gasteiger partial charge in [0.25, 0.3) is 0 Å². The summed E-state index contributed by atoms with van der Waals surface area (Å²) in [6.07, 6.45) is 1.19. The molecule has 0 saturated carbocycles. The third kappa shape index (κ3) is 2.55. The maximum absolute atomic E-state index is 12.3. The Labute approximate surface area is 119 Å². The molecule has 1 aromatic carbocycles. The van der Waals surface area contributed by atoms with Gasteiger partial charge in [0, 0.05) is 11.6 Å². The summed E-state index contributed by atoms with van der Waals surface area (Å²) >= 11 is 1.34. The number of aromatic nitrogens is 1.